The molecule has 4 nitrogen and oxygen atoms in total. The lowest BCUT2D eigenvalue weighted by molar-refractivity contribution is 0.119. The van der Waals surface area contributed by atoms with Gasteiger partial charge in [-0.2, -0.15) is 0 Å². The molecule has 1 N–H and O–H groups in total. The molecule has 1 heterocycles. The highest BCUT2D eigenvalue weighted by molar-refractivity contribution is 5.12. The van der Waals surface area contributed by atoms with E-state index < -0.39 is 0 Å². The summed E-state index contributed by atoms with van der Waals surface area (Å²) in [4.78, 5) is 2.35. The number of nitrogens with zero attached hydrogens (tertiary/aromatic N) is 1. The summed E-state index contributed by atoms with van der Waals surface area (Å²) in [5.41, 5.74) is 1.21. The molecule has 1 aromatic rings. The quantitative estimate of drug-likeness (QED) is 0.733. The average molecular weight is 254 g/mol. The molecule has 0 bridgehead atoms. The second-order valence-corrected chi connectivity index (χ2v) is 4.76. The molecular formula is C14H26N2O2. The summed E-state index contributed by atoms with van der Waals surface area (Å²) in [6, 6.07) is 2.62. The fourth-order valence-corrected chi connectivity index (χ4v) is 1.80. The van der Waals surface area contributed by atoms with E-state index in [0.717, 1.165) is 38.5 Å². The van der Waals surface area contributed by atoms with Crippen LogP contribution in [-0.2, 0) is 17.8 Å². The van der Waals surface area contributed by atoms with Crippen LogP contribution in [0.1, 0.15) is 32.1 Å². The van der Waals surface area contributed by atoms with Crippen molar-refractivity contribution in [3.8, 4) is 0 Å². The van der Waals surface area contributed by atoms with E-state index >= 15 is 0 Å². The van der Waals surface area contributed by atoms with Crippen LogP contribution in [0.25, 0.3) is 0 Å². The molecule has 0 fully saturated rings. The maximum atomic E-state index is 5.60. The van der Waals surface area contributed by atoms with Crippen molar-refractivity contribution < 1.29 is 9.15 Å². The van der Waals surface area contributed by atoms with Crippen LogP contribution in [0.5, 0.6) is 0 Å². The molecular weight excluding hydrogens is 228 g/mol. The van der Waals surface area contributed by atoms with E-state index in [-0.39, 0.29) is 0 Å². The largest absolute Gasteiger partial charge is 0.468 e. The molecule has 0 aliphatic heterocycles. The Hall–Kier alpha value is -0.840. The molecule has 0 aromatic carbocycles. The van der Waals surface area contributed by atoms with Crippen LogP contribution >= 0.6 is 0 Å². The number of hydrogen-bond donors (Lipinski definition) is 1. The molecule has 0 atom stereocenters. The third kappa shape index (κ3) is 5.21. The first kappa shape index (κ1) is 15.2. The minimum absolute atomic E-state index is 0.488. The smallest absolute Gasteiger partial charge is 0.118 e. The van der Waals surface area contributed by atoms with E-state index in [0.29, 0.717) is 6.04 Å². The normalized spacial score (nSPS) is 11.7. The van der Waals surface area contributed by atoms with Crippen LogP contribution in [0, 0.1) is 0 Å². The van der Waals surface area contributed by atoms with E-state index in [1.807, 2.05) is 6.26 Å². The van der Waals surface area contributed by atoms with Crippen molar-refractivity contribution in [2.75, 3.05) is 26.8 Å². The number of hydrogen-bond acceptors (Lipinski definition) is 4. The molecule has 1 aromatic heterocycles. The SMILES string of the molecule is CCNCc1coc(CN(CCOC)C(C)C)c1. The van der Waals surface area contributed by atoms with Crippen LogP contribution in [0.4, 0.5) is 0 Å². The van der Waals surface area contributed by atoms with Gasteiger partial charge in [0.1, 0.15) is 5.76 Å². The summed E-state index contributed by atoms with van der Waals surface area (Å²) in [6.45, 7) is 10.9. The summed E-state index contributed by atoms with van der Waals surface area (Å²) >= 11 is 0. The van der Waals surface area contributed by atoms with Gasteiger partial charge in [-0.1, -0.05) is 6.92 Å². The fourth-order valence-electron chi connectivity index (χ4n) is 1.80. The first-order valence-electron chi connectivity index (χ1n) is 6.67. The van der Waals surface area contributed by atoms with Gasteiger partial charge in [0.25, 0.3) is 0 Å². The van der Waals surface area contributed by atoms with Crippen LogP contribution < -0.4 is 5.32 Å². The van der Waals surface area contributed by atoms with Gasteiger partial charge >= 0.3 is 0 Å². The molecule has 0 aliphatic carbocycles. The lowest BCUT2D eigenvalue weighted by Gasteiger charge is -2.24. The second-order valence-electron chi connectivity index (χ2n) is 4.76. The zero-order chi connectivity index (χ0) is 13.4. The van der Waals surface area contributed by atoms with Crippen molar-refractivity contribution in [1.82, 2.24) is 10.2 Å². The second kappa shape index (κ2) is 8.29. The average Bonchev–Trinajstić information content (AvgIpc) is 2.79. The number of rotatable bonds is 9. The highest BCUT2D eigenvalue weighted by Gasteiger charge is 2.12. The number of methoxy groups -OCH3 is 1. The van der Waals surface area contributed by atoms with Crippen molar-refractivity contribution in [3.05, 3.63) is 23.7 Å². The van der Waals surface area contributed by atoms with Crippen LogP contribution in [-0.4, -0.2) is 37.7 Å². The van der Waals surface area contributed by atoms with Gasteiger partial charge in [0.2, 0.25) is 0 Å². The highest BCUT2D eigenvalue weighted by Crippen LogP contribution is 2.12. The summed E-state index contributed by atoms with van der Waals surface area (Å²) in [7, 11) is 1.74. The van der Waals surface area contributed by atoms with Crippen molar-refractivity contribution in [3.63, 3.8) is 0 Å². The predicted molar refractivity (Wildman–Crippen MR) is 73.5 cm³/mol. The van der Waals surface area contributed by atoms with E-state index in [4.69, 9.17) is 9.15 Å². The maximum absolute atomic E-state index is 5.60. The van der Waals surface area contributed by atoms with Gasteiger partial charge in [0.05, 0.1) is 19.4 Å². The monoisotopic (exact) mass is 254 g/mol. The lowest BCUT2D eigenvalue weighted by atomic mass is 10.2. The molecule has 1 rings (SSSR count). The topological polar surface area (TPSA) is 37.6 Å². The predicted octanol–water partition coefficient (Wildman–Crippen LogP) is 2.25. The van der Waals surface area contributed by atoms with Crippen molar-refractivity contribution in [2.24, 2.45) is 0 Å². The lowest BCUT2D eigenvalue weighted by Crippen LogP contribution is -2.33. The minimum atomic E-state index is 0.488. The zero-order valence-electron chi connectivity index (χ0n) is 12.0. The Morgan fingerprint density at radius 2 is 2.22 bits per heavy atom. The minimum Gasteiger partial charge on any atom is -0.468 e. The Morgan fingerprint density at radius 1 is 1.44 bits per heavy atom. The third-order valence-electron chi connectivity index (χ3n) is 2.96. The first-order valence-corrected chi connectivity index (χ1v) is 6.67. The van der Waals surface area contributed by atoms with Crippen LogP contribution in [0.3, 0.4) is 0 Å². The van der Waals surface area contributed by atoms with Crippen LogP contribution in [0.2, 0.25) is 0 Å². The molecule has 4 heteroatoms. The Kier molecular flexibility index (Phi) is 7.01. The Balaban J connectivity index is 2.49. The van der Waals surface area contributed by atoms with Gasteiger partial charge in [-0.25, -0.2) is 0 Å². The number of ether oxygens (including phenoxy) is 1. The summed E-state index contributed by atoms with van der Waals surface area (Å²) in [5, 5.41) is 3.29. The molecule has 104 valence electrons. The van der Waals surface area contributed by atoms with E-state index in [2.05, 4.69) is 37.1 Å². The summed E-state index contributed by atoms with van der Waals surface area (Å²) in [6.07, 6.45) is 1.84. The summed E-state index contributed by atoms with van der Waals surface area (Å²) < 4.78 is 10.7. The van der Waals surface area contributed by atoms with Gasteiger partial charge in [0, 0.05) is 31.8 Å². The van der Waals surface area contributed by atoms with Gasteiger partial charge < -0.3 is 14.5 Å². The standard InChI is InChI=1S/C14H26N2O2/c1-5-15-9-13-8-14(18-11-13)10-16(12(2)3)6-7-17-4/h8,11-12,15H,5-7,9-10H2,1-4H3. The first-order chi connectivity index (χ1) is 8.67. The Bertz CT molecular complexity index is 323. The molecule has 0 spiro atoms. The van der Waals surface area contributed by atoms with Crippen molar-refractivity contribution >= 4 is 0 Å². The molecule has 0 saturated carbocycles. The molecule has 0 radical (unpaired) electrons. The molecule has 18 heavy (non-hydrogen) atoms. The van der Waals surface area contributed by atoms with Gasteiger partial charge in [-0.3, -0.25) is 4.90 Å². The Morgan fingerprint density at radius 3 is 2.83 bits per heavy atom. The van der Waals surface area contributed by atoms with Gasteiger partial charge in [-0.15, -0.1) is 0 Å². The Labute approximate surface area is 110 Å². The number of furan rings is 1. The van der Waals surface area contributed by atoms with Crippen LogP contribution in [0.15, 0.2) is 16.7 Å². The highest BCUT2D eigenvalue weighted by atomic mass is 16.5. The van der Waals surface area contributed by atoms with Crippen molar-refractivity contribution in [2.45, 2.75) is 39.9 Å². The molecule has 0 aliphatic rings. The zero-order valence-corrected chi connectivity index (χ0v) is 12.0. The fraction of sp³-hybridized carbons (Fsp3) is 0.714. The maximum Gasteiger partial charge on any atom is 0.118 e. The van der Waals surface area contributed by atoms with Gasteiger partial charge in [0.15, 0.2) is 0 Å². The van der Waals surface area contributed by atoms with E-state index in [9.17, 15) is 0 Å². The molecule has 0 unspecified atom stereocenters. The van der Waals surface area contributed by atoms with E-state index in [1.165, 1.54) is 5.56 Å². The number of nitrogens with one attached hydrogen (secondary N) is 1. The van der Waals surface area contributed by atoms with Crippen molar-refractivity contribution in [1.29, 1.82) is 0 Å². The summed E-state index contributed by atoms with van der Waals surface area (Å²) in [5.74, 6) is 1.02. The molecule has 0 amide bonds. The van der Waals surface area contributed by atoms with Gasteiger partial charge in [-0.05, 0) is 26.5 Å². The molecule has 0 saturated heterocycles. The van der Waals surface area contributed by atoms with E-state index in [1.54, 1.807) is 7.11 Å². The third-order valence-corrected chi connectivity index (χ3v) is 2.96.